The van der Waals surface area contributed by atoms with Gasteiger partial charge in [0.05, 0.1) is 6.61 Å². The first-order valence-corrected chi connectivity index (χ1v) is 10.2. The number of allylic oxidation sites excluding steroid dienone is 4. The second-order valence-corrected chi connectivity index (χ2v) is 8.55. The summed E-state index contributed by atoms with van der Waals surface area (Å²) in [6.07, 6.45) is 4.37. The van der Waals surface area contributed by atoms with E-state index in [9.17, 15) is 14.4 Å². The van der Waals surface area contributed by atoms with Crippen LogP contribution in [0, 0.1) is 5.41 Å². The van der Waals surface area contributed by atoms with Gasteiger partial charge in [0.2, 0.25) is 5.91 Å². The maximum atomic E-state index is 12.8. The van der Waals surface area contributed by atoms with Crippen LogP contribution in [-0.4, -0.2) is 47.6 Å². The van der Waals surface area contributed by atoms with Crippen LogP contribution in [0.3, 0.4) is 0 Å². The molecule has 6 nitrogen and oxygen atoms in total. The zero-order chi connectivity index (χ0) is 22.5. The van der Waals surface area contributed by atoms with Crippen LogP contribution >= 0.6 is 0 Å². The molecular formula is C24H32N2O4. The van der Waals surface area contributed by atoms with Crippen molar-refractivity contribution in [3.05, 3.63) is 52.4 Å². The number of Topliss-reactive ketones (excluding diaryl/α,β-unsaturated/α-hetero) is 2. The van der Waals surface area contributed by atoms with Gasteiger partial charge in [-0.3, -0.25) is 19.4 Å². The number of hydrogen-bond acceptors (Lipinski definition) is 5. The highest BCUT2D eigenvalue weighted by Crippen LogP contribution is 2.39. The van der Waals surface area contributed by atoms with E-state index in [-0.39, 0.29) is 23.9 Å². The van der Waals surface area contributed by atoms with Crippen molar-refractivity contribution in [2.75, 3.05) is 20.2 Å². The molecule has 0 aliphatic heterocycles. The van der Waals surface area contributed by atoms with Crippen molar-refractivity contribution in [3.63, 3.8) is 0 Å². The molecule has 1 aliphatic rings. The van der Waals surface area contributed by atoms with E-state index < -0.39 is 5.41 Å². The lowest BCUT2D eigenvalue weighted by Gasteiger charge is -2.32. The van der Waals surface area contributed by atoms with Crippen LogP contribution in [0.1, 0.15) is 53.0 Å². The average molecular weight is 413 g/mol. The molecule has 0 fully saturated rings. The predicted octanol–water partition coefficient (Wildman–Crippen LogP) is 3.67. The highest BCUT2D eigenvalue weighted by molar-refractivity contribution is 6.25. The van der Waals surface area contributed by atoms with Gasteiger partial charge in [-0.1, -0.05) is 19.9 Å². The Bertz CT molecular complexity index is 882. The van der Waals surface area contributed by atoms with Gasteiger partial charge in [-0.05, 0) is 38.8 Å². The van der Waals surface area contributed by atoms with Crippen LogP contribution in [0.5, 0.6) is 0 Å². The summed E-state index contributed by atoms with van der Waals surface area (Å²) >= 11 is 0. The van der Waals surface area contributed by atoms with Crippen LogP contribution in [0.15, 0.2) is 46.8 Å². The molecule has 0 saturated carbocycles. The first-order chi connectivity index (χ1) is 14.1. The van der Waals surface area contributed by atoms with Crippen LogP contribution in [0.25, 0.3) is 0 Å². The molecule has 6 heteroatoms. The molecule has 0 atom stereocenters. The number of aromatic nitrogens is 1. The highest BCUT2D eigenvalue weighted by Gasteiger charge is 2.38. The van der Waals surface area contributed by atoms with Gasteiger partial charge in [0.15, 0.2) is 11.6 Å². The third-order valence-corrected chi connectivity index (χ3v) is 5.66. The van der Waals surface area contributed by atoms with Gasteiger partial charge in [-0.25, -0.2) is 0 Å². The lowest BCUT2D eigenvalue weighted by atomic mass is 9.71. The number of ketones is 2. The van der Waals surface area contributed by atoms with E-state index in [4.69, 9.17) is 4.74 Å². The molecule has 162 valence electrons. The topological polar surface area (TPSA) is 76.6 Å². The molecule has 0 spiro atoms. The minimum atomic E-state index is -0.721. The first kappa shape index (κ1) is 23.7. The van der Waals surface area contributed by atoms with E-state index in [1.54, 1.807) is 45.1 Å². The number of rotatable bonds is 9. The molecule has 1 heterocycles. The molecule has 1 aromatic heterocycles. The normalized spacial score (nSPS) is 15.1. The standard InChI is InChI=1S/C24H32N2O4/c1-16-17(2)23(29)21(18(3)22(16)28)24(4,5)13-20(27)26(6)11-8-12-30-15-19-9-7-10-25-14-19/h7,9-10,14H,8,11-13,15H2,1-6H3. The molecule has 0 radical (unpaired) electrons. The average Bonchev–Trinajstić information content (AvgIpc) is 2.70. The molecule has 0 aromatic carbocycles. The van der Waals surface area contributed by atoms with E-state index in [1.807, 2.05) is 26.0 Å². The fourth-order valence-electron chi connectivity index (χ4n) is 3.71. The number of amides is 1. The van der Waals surface area contributed by atoms with Crippen molar-refractivity contribution < 1.29 is 19.1 Å². The fraction of sp³-hybridized carbons (Fsp3) is 0.500. The first-order valence-electron chi connectivity index (χ1n) is 10.2. The lowest BCUT2D eigenvalue weighted by molar-refractivity contribution is -0.132. The van der Waals surface area contributed by atoms with Gasteiger partial charge in [0.25, 0.3) is 0 Å². The van der Waals surface area contributed by atoms with Crippen molar-refractivity contribution in [2.24, 2.45) is 5.41 Å². The Balaban J connectivity index is 1.89. The monoisotopic (exact) mass is 412 g/mol. The van der Waals surface area contributed by atoms with E-state index in [2.05, 4.69) is 4.98 Å². The van der Waals surface area contributed by atoms with Gasteiger partial charge in [0, 0.05) is 66.7 Å². The number of nitrogens with zero attached hydrogens (tertiary/aromatic N) is 2. The van der Waals surface area contributed by atoms with Crippen molar-refractivity contribution in [1.82, 2.24) is 9.88 Å². The number of hydrogen-bond donors (Lipinski definition) is 0. The summed E-state index contributed by atoms with van der Waals surface area (Å²) in [6, 6.07) is 3.82. The maximum Gasteiger partial charge on any atom is 0.223 e. The highest BCUT2D eigenvalue weighted by atomic mass is 16.5. The van der Waals surface area contributed by atoms with E-state index in [0.717, 1.165) is 5.56 Å². The minimum absolute atomic E-state index is 0.0586. The second kappa shape index (κ2) is 9.94. The summed E-state index contributed by atoms with van der Waals surface area (Å²) in [5.74, 6) is -0.299. The van der Waals surface area contributed by atoms with Crippen molar-refractivity contribution in [2.45, 2.75) is 54.1 Å². The second-order valence-electron chi connectivity index (χ2n) is 8.55. The van der Waals surface area contributed by atoms with E-state index in [1.165, 1.54) is 0 Å². The lowest BCUT2D eigenvalue weighted by Crippen LogP contribution is -2.36. The Labute approximate surface area is 179 Å². The SMILES string of the molecule is CC1=C(C)C(=O)C(C(C)(C)CC(=O)N(C)CCCOCc2cccnc2)=C(C)C1=O. The largest absolute Gasteiger partial charge is 0.377 e. The Morgan fingerprint density at radius 2 is 1.77 bits per heavy atom. The van der Waals surface area contributed by atoms with Crippen molar-refractivity contribution in [1.29, 1.82) is 0 Å². The molecule has 0 N–H and O–H groups in total. The van der Waals surface area contributed by atoms with Gasteiger partial charge in [-0.15, -0.1) is 0 Å². The van der Waals surface area contributed by atoms with Crippen LogP contribution in [-0.2, 0) is 25.7 Å². The minimum Gasteiger partial charge on any atom is -0.377 e. The molecule has 0 unspecified atom stereocenters. The molecule has 0 saturated heterocycles. The molecule has 1 aliphatic carbocycles. The fourth-order valence-corrected chi connectivity index (χ4v) is 3.71. The summed E-state index contributed by atoms with van der Waals surface area (Å²) in [6.45, 7) is 10.3. The van der Waals surface area contributed by atoms with Gasteiger partial charge < -0.3 is 9.64 Å². The molecule has 1 amide bonds. The van der Waals surface area contributed by atoms with Crippen LogP contribution in [0.4, 0.5) is 0 Å². The molecular weight excluding hydrogens is 380 g/mol. The summed E-state index contributed by atoms with van der Waals surface area (Å²) in [7, 11) is 1.75. The Kier molecular flexibility index (Phi) is 7.84. The summed E-state index contributed by atoms with van der Waals surface area (Å²) in [5, 5.41) is 0. The Morgan fingerprint density at radius 1 is 1.10 bits per heavy atom. The Morgan fingerprint density at radius 3 is 2.40 bits per heavy atom. The molecule has 1 aromatic rings. The number of carbonyl (C=O) groups is 3. The number of ether oxygens (including phenoxy) is 1. The quantitative estimate of drug-likeness (QED) is 0.457. The van der Waals surface area contributed by atoms with E-state index in [0.29, 0.717) is 48.5 Å². The third-order valence-electron chi connectivity index (χ3n) is 5.66. The van der Waals surface area contributed by atoms with Crippen LogP contribution in [0.2, 0.25) is 0 Å². The smallest absolute Gasteiger partial charge is 0.223 e. The maximum absolute atomic E-state index is 12.8. The van der Waals surface area contributed by atoms with Crippen LogP contribution < -0.4 is 0 Å². The van der Waals surface area contributed by atoms with Gasteiger partial charge in [-0.2, -0.15) is 0 Å². The van der Waals surface area contributed by atoms with Gasteiger partial charge in [0.1, 0.15) is 0 Å². The predicted molar refractivity (Wildman–Crippen MR) is 116 cm³/mol. The molecule has 2 rings (SSSR count). The van der Waals surface area contributed by atoms with E-state index >= 15 is 0 Å². The van der Waals surface area contributed by atoms with Crippen molar-refractivity contribution >= 4 is 17.5 Å². The zero-order valence-corrected chi connectivity index (χ0v) is 18.9. The number of carbonyl (C=O) groups excluding carboxylic acids is 3. The third kappa shape index (κ3) is 5.51. The Hall–Kier alpha value is -2.60. The summed E-state index contributed by atoms with van der Waals surface area (Å²) in [4.78, 5) is 43.8. The zero-order valence-electron chi connectivity index (χ0n) is 18.9. The number of pyridine rings is 1. The van der Waals surface area contributed by atoms with Crippen molar-refractivity contribution in [3.8, 4) is 0 Å². The summed E-state index contributed by atoms with van der Waals surface area (Å²) < 4.78 is 5.64. The molecule has 30 heavy (non-hydrogen) atoms. The molecule has 0 bridgehead atoms. The summed E-state index contributed by atoms with van der Waals surface area (Å²) in [5.41, 5.74) is 2.16. The van der Waals surface area contributed by atoms with Gasteiger partial charge >= 0.3 is 0 Å².